The number of thiazole rings is 1. The van der Waals surface area contributed by atoms with E-state index in [1.165, 1.54) is 4.88 Å². The van der Waals surface area contributed by atoms with E-state index in [0.717, 1.165) is 34.7 Å². The molecule has 0 radical (unpaired) electrons. The maximum atomic E-state index is 12.5. The molecule has 118 valence electrons. The molecule has 0 spiro atoms. The van der Waals surface area contributed by atoms with E-state index in [0.29, 0.717) is 6.54 Å². The Bertz CT molecular complexity index is 778. The van der Waals surface area contributed by atoms with E-state index in [1.807, 2.05) is 35.7 Å². The number of rotatable bonds is 6. The van der Waals surface area contributed by atoms with E-state index in [1.54, 1.807) is 22.7 Å². The highest BCUT2D eigenvalue weighted by Gasteiger charge is 2.12. The summed E-state index contributed by atoms with van der Waals surface area (Å²) in [6.07, 6.45) is 1.72. The van der Waals surface area contributed by atoms with Gasteiger partial charge in [0.2, 0.25) is 0 Å². The molecule has 0 unspecified atom stereocenters. The molecule has 2 aromatic heterocycles. The first kappa shape index (κ1) is 15.9. The smallest absolute Gasteiger partial charge is 0.251 e. The van der Waals surface area contributed by atoms with E-state index in [9.17, 15) is 4.79 Å². The van der Waals surface area contributed by atoms with Crippen molar-refractivity contribution in [1.82, 2.24) is 10.3 Å². The lowest BCUT2D eigenvalue weighted by molar-refractivity contribution is 0.0949. The summed E-state index contributed by atoms with van der Waals surface area (Å²) in [6, 6.07) is 11.9. The molecular formula is C18H18N2OS2. The predicted octanol–water partition coefficient (Wildman–Crippen LogP) is 4.29. The van der Waals surface area contributed by atoms with Gasteiger partial charge >= 0.3 is 0 Å². The molecule has 5 heteroatoms. The fraction of sp³-hybridized carbons (Fsp3) is 0.222. The summed E-state index contributed by atoms with van der Waals surface area (Å²) in [5, 5.41) is 8.16. The Labute approximate surface area is 144 Å². The summed E-state index contributed by atoms with van der Waals surface area (Å²) >= 11 is 3.36. The highest BCUT2D eigenvalue weighted by Crippen LogP contribution is 2.18. The van der Waals surface area contributed by atoms with Gasteiger partial charge in [-0.3, -0.25) is 4.79 Å². The average Bonchev–Trinajstić information content (AvgIpc) is 3.24. The first-order valence-electron chi connectivity index (χ1n) is 7.58. The largest absolute Gasteiger partial charge is 0.346 e. The fourth-order valence-corrected chi connectivity index (χ4v) is 3.83. The zero-order valence-electron chi connectivity index (χ0n) is 12.9. The van der Waals surface area contributed by atoms with Gasteiger partial charge in [0.15, 0.2) is 0 Å². The molecule has 1 N–H and O–H groups in total. The standard InChI is InChI=1S/C18H18N2OS2/c1-2-17-20-14(12-23-17)11-19-18(21)16-8-4-3-6-13(16)10-15-7-5-9-22-15/h3-9,12H,2,10-11H2,1H3,(H,19,21). The number of carbonyl (C=O) groups excluding carboxylic acids is 1. The molecule has 1 aromatic carbocycles. The summed E-state index contributed by atoms with van der Waals surface area (Å²) in [6.45, 7) is 2.56. The molecule has 2 heterocycles. The molecule has 3 nitrogen and oxygen atoms in total. The van der Waals surface area contributed by atoms with Crippen molar-refractivity contribution in [2.24, 2.45) is 0 Å². The zero-order chi connectivity index (χ0) is 16.1. The number of carbonyl (C=O) groups is 1. The van der Waals surface area contributed by atoms with Crippen molar-refractivity contribution in [2.45, 2.75) is 26.3 Å². The molecule has 1 amide bonds. The van der Waals surface area contributed by atoms with Gasteiger partial charge < -0.3 is 5.32 Å². The Morgan fingerprint density at radius 2 is 2.04 bits per heavy atom. The van der Waals surface area contributed by atoms with Gasteiger partial charge in [-0.2, -0.15) is 0 Å². The van der Waals surface area contributed by atoms with Crippen molar-refractivity contribution in [3.05, 3.63) is 73.9 Å². The van der Waals surface area contributed by atoms with E-state index in [2.05, 4.69) is 28.7 Å². The average molecular weight is 342 g/mol. The van der Waals surface area contributed by atoms with Crippen molar-refractivity contribution in [3.8, 4) is 0 Å². The predicted molar refractivity (Wildman–Crippen MR) is 96.2 cm³/mol. The van der Waals surface area contributed by atoms with E-state index < -0.39 is 0 Å². The van der Waals surface area contributed by atoms with E-state index in [4.69, 9.17) is 0 Å². The van der Waals surface area contributed by atoms with E-state index >= 15 is 0 Å². The summed E-state index contributed by atoms with van der Waals surface area (Å²) in [4.78, 5) is 18.3. The SMILES string of the molecule is CCc1nc(CNC(=O)c2ccccc2Cc2cccs2)cs1. The van der Waals surface area contributed by atoms with Gasteiger partial charge in [0.25, 0.3) is 5.91 Å². The number of hydrogen-bond acceptors (Lipinski definition) is 4. The second-order valence-electron chi connectivity index (χ2n) is 5.18. The van der Waals surface area contributed by atoms with Crippen LogP contribution in [0.3, 0.4) is 0 Å². The third kappa shape index (κ3) is 4.06. The lowest BCUT2D eigenvalue weighted by atomic mass is 10.0. The summed E-state index contributed by atoms with van der Waals surface area (Å²) in [5.74, 6) is -0.0387. The van der Waals surface area contributed by atoms with Crippen LogP contribution in [0.2, 0.25) is 0 Å². The molecule has 0 saturated carbocycles. The van der Waals surface area contributed by atoms with Crippen LogP contribution in [0.1, 0.15) is 38.4 Å². The lowest BCUT2D eigenvalue weighted by Gasteiger charge is -2.09. The normalized spacial score (nSPS) is 10.7. The highest BCUT2D eigenvalue weighted by atomic mass is 32.1. The number of amides is 1. The van der Waals surface area contributed by atoms with Gasteiger partial charge in [-0.25, -0.2) is 4.98 Å². The number of hydrogen-bond donors (Lipinski definition) is 1. The topological polar surface area (TPSA) is 42.0 Å². The zero-order valence-corrected chi connectivity index (χ0v) is 14.5. The molecule has 3 rings (SSSR count). The minimum atomic E-state index is -0.0387. The Hall–Kier alpha value is -1.98. The van der Waals surface area contributed by atoms with Crippen LogP contribution in [0.4, 0.5) is 0 Å². The van der Waals surface area contributed by atoms with Crippen LogP contribution >= 0.6 is 22.7 Å². The Kier molecular flexibility index (Phi) is 5.20. The van der Waals surface area contributed by atoms with Crippen LogP contribution in [0.25, 0.3) is 0 Å². The van der Waals surface area contributed by atoms with E-state index in [-0.39, 0.29) is 5.91 Å². The molecule has 0 fully saturated rings. The molecule has 0 bridgehead atoms. The molecule has 23 heavy (non-hydrogen) atoms. The Balaban J connectivity index is 1.69. The number of nitrogens with zero attached hydrogens (tertiary/aromatic N) is 1. The fourth-order valence-electron chi connectivity index (χ4n) is 2.36. The second kappa shape index (κ2) is 7.53. The number of aromatic nitrogens is 1. The van der Waals surface area contributed by atoms with Crippen LogP contribution in [0.15, 0.2) is 47.2 Å². The monoisotopic (exact) mass is 342 g/mol. The van der Waals surface area contributed by atoms with Crippen LogP contribution in [-0.2, 0) is 19.4 Å². The second-order valence-corrected chi connectivity index (χ2v) is 7.16. The maximum Gasteiger partial charge on any atom is 0.251 e. The first-order valence-corrected chi connectivity index (χ1v) is 9.34. The Morgan fingerprint density at radius 1 is 1.17 bits per heavy atom. The van der Waals surface area contributed by atoms with Gasteiger partial charge in [-0.15, -0.1) is 22.7 Å². The van der Waals surface area contributed by atoms with Crippen molar-refractivity contribution in [2.75, 3.05) is 0 Å². The first-order chi connectivity index (χ1) is 11.3. The number of aryl methyl sites for hydroxylation is 1. The Morgan fingerprint density at radius 3 is 2.78 bits per heavy atom. The summed E-state index contributed by atoms with van der Waals surface area (Å²) in [5.41, 5.74) is 2.72. The molecule has 0 aliphatic heterocycles. The van der Waals surface area contributed by atoms with Gasteiger partial charge in [0, 0.05) is 22.2 Å². The molecular weight excluding hydrogens is 324 g/mol. The molecule has 0 aliphatic rings. The van der Waals surface area contributed by atoms with Gasteiger partial charge in [0.05, 0.1) is 17.2 Å². The van der Waals surface area contributed by atoms with Crippen molar-refractivity contribution >= 4 is 28.6 Å². The van der Waals surface area contributed by atoms with Crippen LogP contribution in [0.5, 0.6) is 0 Å². The minimum absolute atomic E-state index is 0.0387. The third-order valence-corrected chi connectivity index (χ3v) is 5.46. The highest BCUT2D eigenvalue weighted by molar-refractivity contribution is 7.10. The summed E-state index contributed by atoms with van der Waals surface area (Å²) in [7, 11) is 0. The molecule has 0 aliphatic carbocycles. The molecule has 0 atom stereocenters. The van der Waals surface area contributed by atoms with Crippen LogP contribution < -0.4 is 5.32 Å². The van der Waals surface area contributed by atoms with Gasteiger partial charge in [0.1, 0.15) is 0 Å². The van der Waals surface area contributed by atoms with Crippen molar-refractivity contribution < 1.29 is 4.79 Å². The minimum Gasteiger partial charge on any atom is -0.346 e. The molecule has 3 aromatic rings. The van der Waals surface area contributed by atoms with Crippen molar-refractivity contribution in [3.63, 3.8) is 0 Å². The molecule has 0 saturated heterocycles. The van der Waals surface area contributed by atoms with Crippen LogP contribution in [0, 0.1) is 0 Å². The lowest BCUT2D eigenvalue weighted by Crippen LogP contribution is -2.24. The van der Waals surface area contributed by atoms with Crippen molar-refractivity contribution in [1.29, 1.82) is 0 Å². The maximum absolute atomic E-state index is 12.5. The van der Waals surface area contributed by atoms with Gasteiger partial charge in [-0.05, 0) is 29.5 Å². The number of thiophene rings is 1. The van der Waals surface area contributed by atoms with Gasteiger partial charge in [-0.1, -0.05) is 31.2 Å². The summed E-state index contributed by atoms with van der Waals surface area (Å²) < 4.78 is 0. The number of nitrogens with one attached hydrogen (secondary N) is 1. The third-order valence-electron chi connectivity index (χ3n) is 3.54. The number of benzene rings is 1. The van der Waals surface area contributed by atoms with Crippen LogP contribution in [-0.4, -0.2) is 10.9 Å². The quantitative estimate of drug-likeness (QED) is 0.726.